The highest BCUT2D eigenvalue weighted by molar-refractivity contribution is 6.13. The zero-order chi connectivity index (χ0) is 22.4. The minimum Gasteiger partial charge on any atom is -0.466 e. The maximum absolute atomic E-state index is 13.4. The minimum atomic E-state index is -0.216. The third-order valence-corrected chi connectivity index (χ3v) is 5.38. The molecule has 0 atom stereocenters. The number of carbonyl (C=O) groups excluding carboxylic acids is 1. The van der Waals surface area contributed by atoms with Crippen LogP contribution in [0.1, 0.15) is 58.7 Å². The van der Waals surface area contributed by atoms with Crippen LogP contribution < -0.4 is 5.32 Å². The summed E-state index contributed by atoms with van der Waals surface area (Å²) in [6.07, 6.45) is 1.71. The third-order valence-electron chi connectivity index (χ3n) is 5.38. The SMILES string of the molecule is Cc1cc(C)c(NC(=O)c2cc(-c3cc(C)oc3C)nc3c2cnn3C(C)C)c(C)n1. The van der Waals surface area contributed by atoms with Gasteiger partial charge in [-0.05, 0) is 72.2 Å². The molecule has 0 saturated carbocycles. The zero-order valence-electron chi connectivity index (χ0n) is 19.0. The van der Waals surface area contributed by atoms with E-state index in [1.54, 1.807) is 6.20 Å². The Morgan fingerprint density at radius 2 is 1.81 bits per heavy atom. The number of furan rings is 1. The maximum atomic E-state index is 13.4. The second-order valence-electron chi connectivity index (χ2n) is 8.30. The summed E-state index contributed by atoms with van der Waals surface area (Å²) in [6.45, 7) is 13.7. The summed E-state index contributed by atoms with van der Waals surface area (Å²) in [6, 6.07) is 5.83. The molecule has 0 radical (unpaired) electrons. The largest absolute Gasteiger partial charge is 0.466 e. The molecule has 0 fully saturated rings. The summed E-state index contributed by atoms with van der Waals surface area (Å²) in [7, 11) is 0. The number of aromatic nitrogens is 4. The molecule has 160 valence electrons. The van der Waals surface area contributed by atoms with Gasteiger partial charge in [0.05, 0.1) is 34.2 Å². The summed E-state index contributed by atoms with van der Waals surface area (Å²) in [5.74, 6) is 1.35. The van der Waals surface area contributed by atoms with E-state index in [4.69, 9.17) is 9.40 Å². The van der Waals surface area contributed by atoms with Gasteiger partial charge in [-0.25, -0.2) is 9.67 Å². The molecule has 0 aliphatic heterocycles. The van der Waals surface area contributed by atoms with E-state index in [0.29, 0.717) is 22.3 Å². The van der Waals surface area contributed by atoms with Gasteiger partial charge < -0.3 is 9.73 Å². The Balaban J connectivity index is 1.88. The number of amides is 1. The van der Waals surface area contributed by atoms with Crippen LogP contribution in [0.25, 0.3) is 22.3 Å². The van der Waals surface area contributed by atoms with Crippen LogP contribution in [0.2, 0.25) is 0 Å². The minimum absolute atomic E-state index is 0.106. The van der Waals surface area contributed by atoms with Gasteiger partial charge in [0.25, 0.3) is 5.91 Å². The smallest absolute Gasteiger partial charge is 0.256 e. The van der Waals surface area contributed by atoms with E-state index in [-0.39, 0.29) is 11.9 Å². The average Bonchev–Trinajstić information content (AvgIpc) is 3.26. The van der Waals surface area contributed by atoms with E-state index in [9.17, 15) is 4.79 Å². The van der Waals surface area contributed by atoms with E-state index >= 15 is 0 Å². The van der Waals surface area contributed by atoms with Gasteiger partial charge in [0, 0.05) is 17.3 Å². The number of rotatable bonds is 4. The molecule has 1 amide bonds. The molecule has 0 spiro atoms. The molecule has 7 nitrogen and oxygen atoms in total. The highest BCUT2D eigenvalue weighted by atomic mass is 16.3. The molecule has 0 bridgehead atoms. The Morgan fingerprint density at radius 3 is 2.42 bits per heavy atom. The maximum Gasteiger partial charge on any atom is 0.256 e. The summed E-state index contributed by atoms with van der Waals surface area (Å²) in [4.78, 5) is 22.8. The van der Waals surface area contributed by atoms with Crippen molar-refractivity contribution in [3.8, 4) is 11.3 Å². The quantitative estimate of drug-likeness (QED) is 0.476. The molecular weight excluding hydrogens is 390 g/mol. The van der Waals surface area contributed by atoms with Gasteiger partial charge in [0.15, 0.2) is 5.65 Å². The van der Waals surface area contributed by atoms with Crippen molar-refractivity contribution < 1.29 is 9.21 Å². The van der Waals surface area contributed by atoms with Gasteiger partial charge in [-0.2, -0.15) is 5.10 Å². The fourth-order valence-corrected chi connectivity index (χ4v) is 4.00. The molecule has 0 aliphatic carbocycles. The van der Waals surface area contributed by atoms with E-state index in [1.807, 2.05) is 71.3 Å². The molecule has 1 N–H and O–H groups in total. The molecule has 4 aromatic heterocycles. The number of anilines is 1. The van der Waals surface area contributed by atoms with Gasteiger partial charge in [-0.15, -0.1) is 0 Å². The molecule has 4 aromatic rings. The Hall–Kier alpha value is -3.48. The van der Waals surface area contributed by atoms with E-state index in [1.165, 1.54) is 0 Å². The first-order valence-electron chi connectivity index (χ1n) is 10.4. The molecular formula is C24H27N5O2. The van der Waals surface area contributed by atoms with E-state index < -0.39 is 0 Å². The fraction of sp³-hybridized carbons (Fsp3) is 0.333. The van der Waals surface area contributed by atoms with Crippen LogP contribution >= 0.6 is 0 Å². The topological polar surface area (TPSA) is 85.8 Å². The monoisotopic (exact) mass is 417 g/mol. The predicted octanol–water partition coefficient (Wildman–Crippen LogP) is 5.46. The third kappa shape index (κ3) is 3.71. The second kappa shape index (κ2) is 7.65. The number of pyridine rings is 2. The zero-order valence-corrected chi connectivity index (χ0v) is 19.0. The Morgan fingerprint density at radius 1 is 1.06 bits per heavy atom. The highest BCUT2D eigenvalue weighted by Gasteiger charge is 2.21. The first-order valence-corrected chi connectivity index (χ1v) is 10.4. The number of hydrogen-bond donors (Lipinski definition) is 1. The van der Waals surface area contributed by atoms with Gasteiger partial charge in [0.1, 0.15) is 11.5 Å². The van der Waals surface area contributed by atoms with Crippen molar-refractivity contribution in [3.05, 3.63) is 58.4 Å². The molecule has 0 aliphatic rings. The molecule has 4 heterocycles. The Bertz CT molecular complexity index is 1290. The van der Waals surface area contributed by atoms with Crippen molar-refractivity contribution in [1.29, 1.82) is 0 Å². The summed E-state index contributed by atoms with van der Waals surface area (Å²) >= 11 is 0. The second-order valence-corrected chi connectivity index (χ2v) is 8.30. The number of nitrogens with one attached hydrogen (secondary N) is 1. The van der Waals surface area contributed by atoms with Crippen LogP contribution in [-0.2, 0) is 0 Å². The standard InChI is InChI=1S/C24H27N5O2/c1-12(2)29-23-20(11-25-29)19(10-21(27-23)18-9-15(5)31-17(18)7)24(30)28-22-13(3)8-14(4)26-16(22)6/h8-12H,1-7H3,(H,28,30). The summed E-state index contributed by atoms with van der Waals surface area (Å²) in [5, 5.41) is 8.27. The van der Waals surface area contributed by atoms with Crippen LogP contribution in [0.15, 0.2) is 28.8 Å². The first-order chi connectivity index (χ1) is 14.7. The van der Waals surface area contributed by atoms with Crippen molar-refractivity contribution in [3.63, 3.8) is 0 Å². The summed E-state index contributed by atoms with van der Waals surface area (Å²) < 4.78 is 7.54. The van der Waals surface area contributed by atoms with Crippen LogP contribution in [0.4, 0.5) is 5.69 Å². The van der Waals surface area contributed by atoms with Gasteiger partial charge in [0.2, 0.25) is 0 Å². The Labute approximate surface area is 181 Å². The number of nitrogens with zero attached hydrogens (tertiary/aromatic N) is 4. The molecule has 0 aromatic carbocycles. The van der Waals surface area contributed by atoms with Gasteiger partial charge in [-0.1, -0.05) is 0 Å². The number of hydrogen-bond acceptors (Lipinski definition) is 5. The van der Waals surface area contributed by atoms with Crippen molar-refractivity contribution in [2.45, 2.75) is 54.5 Å². The van der Waals surface area contributed by atoms with Gasteiger partial charge >= 0.3 is 0 Å². The lowest BCUT2D eigenvalue weighted by molar-refractivity contribution is 0.102. The average molecular weight is 418 g/mol. The highest BCUT2D eigenvalue weighted by Crippen LogP contribution is 2.31. The van der Waals surface area contributed by atoms with Crippen LogP contribution in [-0.4, -0.2) is 25.7 Å². The molecule has 7 heteroatoms. The van der Waals surface area contributed by atoms with Crippen molar-refractivity contribution in [2.75, 3.05) is 5.32 Å². The molecule has 0 unspecified atom stereocenters. The molecule has 4 rings (SSSR count). The predicted molar refractivity (Wildman–Crippen MR) is 121 cm³/mol. The van der Waals surface area contributed by atoms with Crippen molar-refractivity contribution in [2.24, 2.45) is 0 Å². The lowest BCUT2D eigenvalue weighted by Gasteiger charge is -2.14. The fourth-order valence-electron chi connectivity index (χ4n) is 4.00. The summed E-state index contributed by atoms with van der Waals surface area (Å²) in [5.41, 5.74) is 6.16. The normalized spacial score (nSPS) is 11.5. The Kier molecular flexibility index (Phi) is 5.13. The first kappa shape index (κ1) is 20.8. The number of carbonyl (C=O) groups is 1. The lowest BCUT2D eigenvalue weighted by atomic mass is 10.1. The van der Waals surface area contributed by atoms with Crippen LogP contribution in [0.3, 0.4) is 0 Å². The van der Waals surface area contributed by atoms with Gasteiger partial charge in [-0.3, -0.25) is 9.78 Å². The van der Waals surface area contributed by atoms with Crippen molar-refractivity contribution >= 4 is 22.6 Å². The number of fused-ring (bicyclic) bond motifs is 1. The molecule has 31 heavy (non-hydrogen) atoms. The van der Waals surface area contributed by atoms with E-state index in [0.717, 1.165) is 39.7 Å². The molecule has 0 saturated heterocycles. The number of aryl methyl sites for hydroxylation is 5. The van der Waals surface area contributed by atoms with E-state index in [2.05, 4.69) is 15.4 Å². The van der Waals surface area contributed by atoms with Crippen molar-refractivity contribution in [1.82, 2.24) is 19.7 Å². The lowest BCUT2D eigenvalue weighted by Crippen LogP contribution is -2.16. The van der Waals surface area contributed by atoms with Crippen LogP contribution in [0, 0.1) is 34.6 Å². The van der Waals surface area contributed by atoms with Crippen LogP contribution in [0.5, 0.6) is 0 Å².